The van der Waals surface area contributed by atoms with E-state index in [1.165, 1.54) is 17.5 Å². The van der Waals surface area contributed by atoms with E-state index in [4.69, 9.17) is 21.3 Å². The maximum Gasteiger partial charge on any atom is 0.410 e. The molecule has 1 aliphatic rings. The van der Waals surface area contributed by atoms with Crippen molar-refractivity contribution in [2.75, 3.05) is 24.4 Å². The zero-order valence-corrected chi connectivity index (χ0v) is 28.2. The predicted molar refractivity (Wildman–Crippen MR) is 179 cm³/mol. The van der Waals surface area contributed by atoms with Gasteiger partial charge >= 0.3 is 6.09 Å². The van der Waals surface area contributed by atoms with Crippen molar-refractivity contribution in [3.05, 3.63) is 70.4 Å². The first-order valence-corrected chi connectivity index (χ1v) is 16.4. The number of hydrogen-bond acceptors (Lipinski definition) is 7. The summed E-state index contributed by atoms with van der Waals surface area (Å²) in [6.07, 6.45) is 2.87. The maximum atomic E-state index is 13.0. The van der Waals surface area contributed by atoms with Gasteiger partial charge in [-0.05, 0) is 101 Å². The van der Waals surface area contributed by atoms with Crippen LogP contribution in [-0.2, 0) is 11.3 Å². The summed E-state index contributed by atoms with van der Waals surface area (Å²) < 4.78 is 9.04. The van der Waals surface area contributed by atoms with Crippen molar-refractivity contribution in [2.45, 2.75) is 90.8 Å². The van der Waals surface area contributed by atoms with Crippen LogP contribution in [-0.4, -0.2) is 57.1 Å². The molecule has 2 aromatic carbocycles. The highest BCUT2D eigenvalue weighted by Crippen LogP contribution is 2.30. The van der Waals surface area contributed by atoms with Crippen molar-refractivity contribution in [1.82, 2.24) is 19.8 Å². The van der Waals surface area contributed by atoms with Crippen LogP contribution in [0.4, 0.5) is 10.7 Å². The van der Waals surface area contributed by atoms with Gasteiger partial charge in [-0.15, -0.1) is 0 Å². The molecule has 0 aliphatic carbocycles. The summed E-state index contributed by atoms with van der Waals surface area (Å²) in [4.78, 5) is 27.7. The van der Waals surface area contributed by atoms with E-state index in [9.17, 15) is 4.79 Å². The minimum Gasteiger partial charge on any atom is -0.444 e. The summed E-state index contributed by atoms with van der Waals surface area (Å²) in [6.45, 7) is 17.6. The quantitative estimate of drug-likeness (QED) is 0.189. The largest absolute Gasteiger partial charge is 0.444 e. The number of carbonyl (C=O) groups excluding carboxylic acids is 1. The van der Waals surface area contributed by atoms with Gasteiger partial charge in [0, 0.05) is 48.7 Å². The molecule has 3 aromatic rings. The lowest BCUT2D eigenvalue weighted by atomic mass is 10.00. The molecule has 1 N–H and O–H groups in total. The highest BCUT2D eigenvalue weighted by atomic mass is 35.5. The molecule has 1 aromatic heterocycles. The third-order valence-corrected chi connectivity index (χ3v) is 8.49. The first-order chi connectivity index (χ1) is 20.4. The summed E-state index contributed by atoms with van der Waals surface area (Å²) in [7, 11) is 0. The minimum absolute atomic E-state index is 0.211. The standard InChI is InChI=1S/C34H46ClN5O2S/c1-23(2)15-16-27-22-40(33(41)42-34(5,6)7)18-10-17-39(27)21-26-13-9-14-28(19-26)43-38-32-36-29(20-30(35)37-32)31-24(3)11-8-12-25(31)4/h8-9,11-14,19-20,23,27H,10,15-18,21-22H2,1-7H3,(H,36,37,38)/t27-/m0/s1. The molecular formula is C34H46ClN5O2S. The lowest BCUT2D eigenvalue weighted by Crippen LogP contribution is -2.44. The van der Waals surface area contributed by atoms with Gasteiger partial charge < -0.3 is 9.64 Å². The van der Waals surface area contributed by atoms with Crippen LogP contribution in [0.25, 0.3) is 11.3 Å². The number of nitrogens with zero attached hydrogens (tertiary/aromatic N) is 4. The van der Waals surface area contributed by atoms with E-state index in [1.807, 2.05) is 37.8 Å². The lowest BCUT2D eigenvalue weighted by molar-refractivity contribution is 0.0225. The lowest BCUT2D eigenvalue weighted by Gasteiger charge is -2.33. The molecule has 1 amide bonds. The van der Waals surface area contributed by atoms with Crippen LogP contribution in [0, 0.1) is 19.8 Å². The fourth-order valence-electron chi connectivity index (χ4n) is 5.46. The zero-order chi connectivity index (χ0) is 31.1. The van der Waals surface area contributed by atoms with Crippen molar-refractivity contribution in [3.8, 4) is 11.3 Å². The van der Waals surface area contributed by atoms with Crippen LogP contribution in [0.5, 0.6) is 0 Å². The van der Waals surface area contributed by atoms with Crippen LogP contribution in [0.2, 0.25) is 5.15 Å². The molecule has 43 heavy (non-hydrogen) atoms. The van der Waals surface area contributed by atoms with Crippen molar-refractivity contribution in [3.63, 3.8) is 0 Å². The number of amides is 1. The van der Waals surface area contributed by atoms with Crippen LogP contribution < -0.4 is 4.72 Å². The second kappa shape index (κ2) is 14.8. The second-order valence-electron chi connectivity index (χ2n) is 12.9. The Morgan fingerprint density at radius 3 is 2.51 bits per heavy atom. The van der Waals surface area contributed by atoms with Gasteiger partial charge in [-0.2, -0.15) is 0 Å². The van der Waals surface area contributed by atoms with Gasteiger partial charge in [0.25, 0.3) is 0 Å². The molecule has 1 aliphatic heterocycles. The Bertz CT molecular complexity index is 1370. The molecule has 232 valence electrons. The van der Waals surface area contributed by atoms with E-state index in [2.05, 4.69) is 78.7 Å². The van der Waals surface area contributed by atoms with Crippen molar-refractivity contribution < 1.29 is 9.53 Å². The average Bonchev–Trinajstić information content (AvgIpc) is 3.12. The number of ether oxygens (including phenoxy) is 1. The average molecular weight is 624 g/mol. The Hall–Kier alpha value is -2.81. The van der Waals surface area contributed by atoms with Crippen LogP contribution in [0.15, 0.2) is 53.4 Å². The van der Waals surface area contributed by atoms with E-state index >= 15 is 0 Å². The molecule has 0 radical (unpaired) electrons. The van der Waals surface area contributed by atoms with E-state index < -0.39 is 5.60 Å². The first-order valence-electron chi connectivity index (χ1n) is 15.2. The first kappa shape index (κ1) is 33.1. The number of aryl methyl sites for hydroxylation is 2. The maximum absolute atomic E-state index is 13.0. The Morgan fingerprint density at radius 1 is 1.09 bits per heavy atom. The van der Waals surface area contributed by atoms with Gasteiger partial charge in [0.2, 0.25) is 5.95 Å². The Kier molecular flexibility index (Phi) is 11.4. The van der Waals surface area contributed by atoms with Crippen molar-refractivity contribution in [1.29, 1.82) is 0 Å². The van der Waals surface area contributed by atoms with E-state index in [-0.39, 0.29) is 12.1 Å². The molecule has 1 saturated heterocycles. The highest BCUT2D eigenvalue weighted by molar-refractivity contribution is 8.00. The third kappa shape index (κ3) is 9.85. The monoisotopic (exact) mass is 623 g/mol. The van der Waals surface area contributed by atoms with E-state index in [0.29, 0.717) is 30.1 Å². The van der Waals surface area contributed by atoms with Crippen LogP contribution >= 0.6 is 23.5 Å². The Balaban J connectivity index is 1.46. The van der Waals surface area contributed by atoms with Gasteiger partial charge in [-0.3, -0.25) is 9.62 Å². The molecular weight excluding hydrogens is 578 g/mol. The summed E-state index contributed by atoms with van der Waals surface area (Å²) in [5.74, 6) is 1.08. The molecule has 1 atom stereocenters. The van der Waals surface area contributed by atoms with Gasteiger partial charge in [0.05, 0.1) is 5.69 Å². The normalized spacial score (nSPS) is 16.3. The molecule has 0 saturated carbocycles. The number of benzene rings is 2. The summed E-state index contributed by atoms with van der Waals surface area (Å²) in [5.41, 5.74) is 4.92. The number of carbonyl (C=O) groups is 1. The van der Waals surface area contributed by atoms with E-state index in [1.54, 1.807) is 0 Å². The Morgan fingerprint density at radius 2 is 1.81 bits per heavy atom. The fraction of sp³-hybridized carbons (Fsp3) is 0.500. The number of anilines is 1. The van der Waals surface area contributed by atoms with E-state index in [0.717, 1.165) is 59.6 Å². The topological polar surface area (TPSA) is 70.6 Å². The third-order valence-electron chi connectivity index (χ3n) is 7.53. The SMILES string of the molecule is Cc1cccc(C)c1-c1cc(Cl)nc(NSc2cccc(CN3CCCN(C(=O)OC(C)(C)C)C[C@@H]3CCC(C)C)c2)n1. The molecule has 4 rings (SSSR count). The van der Waals surface area contributed by atoms with Gasteiger partial charge in [0.15, 0.2) is 0 Å². The molecule has 0 bridgehead atoms. The van der Waals surface area contributed by atoms with Gasteiger partial charge in [0.1, 0.15) is 10.8 Å². The van der Waals surface area contributed by atoms with Crippen LogP contribution in [0.1, 0.15) is 70.6 Å². The minimum atomic E-state index is -0.500. The number of hydrogen-bond donors (Lipinski definition) is 1. The number of halogens is 1. The molecule has 2 heterocycles. The summed E-state index contributed by atoms with van der Waals surface area (Å²) >= 11 is 7.89. The fourth-order valence-corrected chi connectivity index (χ4v) is 6.31. The summed E-state index contributed by atoms with van der Waals surface area (Å²) in [5, 5.41) is 0.401. The smallest absolute Gasteiger partial charge is 0.410 e. The van der Waals surface area contributed by atoms with Gasteiger partial charge in [-0.1, -0.05) is 55.8 Å². The molecule has 9 heteroatoms. The number of aromatic nitrogens is 2. The Labute approximate surface area is 266 Å². The molecule has 0 spiro atoms. The molecule has 1 fully saturated rings. The van der Waals surface area contributed by atoms with Crippen molar-refractivity contribution in [2.24, 2.45) is 5.92 Å². The highest BCUT2D eigenvalue weighted by Gasteiger charge is 2.30. The van der Waals surface area contributed by atoms with Crippen LogP contribution in [0.3, 0.4) is 0 Å². The van der Waals surface area contributed by atoms with Gasteiger partial charge in [-0.25, -0.2) is 14.8 Å². The number of rotatable bonds is 9. The predicted octanol–water partition coefficient (Wildman–Crippen LogP) is 8.78. The molecule has 7 nitrogen and oxygen atoms in total. The number of nitrogens with one attached hydrogen (secondary N) is 1. The second-order valence-corrected chi connectivity index (χ2v) is 14.2. The zero-order valence-electron chi connectivity index (χ0n) is 26.6. The van der Waals surface area contributed by atoms with Crippen molar-refractivity contribution >= 4 is 35.6 Å². The summed E-state index contributed by atoms with van der Waals surface area (Å²) in [6, 6.07) is 16.9. The molecule has 0 unspecified atom stereocenters.